The van der Waals surface area contributed by atoms with Gasteiger partial charge in [-0.25, -0.2) is 9.48 Å². The van der Waals surface area contributed by atoms with E-state index < -0.39 is 13.9 Å². The van der Waals surface area contributed by atoms with Crippen molar-refractivity contribution >= 4 is 30.7 Å². The van der Waals surface area contributed by atoms with E-state index in [1.54, 1.807) is 0 Å². The molecule has 5 aromatic rings. The van der Waals surface area contributed by atoms with Gasteiger partial charge < -0.3 is 29.7 Å². The number of anilines is 1. The second-order valence-corrected chi connectivity index (χ2v) is 21.9. The van der Waals surface area contributed by atoms with Crippen LogP contribution in [0.3, 0.4) is 0 Å². The minimum absolute atomic E-state index is 0.0553. The average molecular weight is 732 g/mol. The molecule has 0 spiro atoms. The van der Waals surface area contributed by atoms with Crippen LogP contribution in [0.4, 0.5) is 10.5 Å². The number of nitrogen functional groups attached to an aromatic ring is 1. The summed E-state index contributed by atoms with van der Waals surface area (Å²) in [6.07, 6.45) is 2.36. The van der Waals surface area contributed by atoms with Gasteiger partial charge in [0.25, 0.3) is 0 Å². The molecule has 7 rings (SSSR count). The summed E-state index contributed by atoms with van der Waals surface area (Å²) in [5, 5.41) is 5.67. The number of nitrogens with zero attached hydrogens (tertiary/aromatic N) is 4. The number of urea groups is 1. The third-order valence-corrected chi connectivity index (χ3v) is 12.1. The Labute approximate surface area is 314 Å². The summed E-state index contributed by atoms with van der Waals surface area (Å²) < 4.78 is 21.7. The molecule has 0 unspecified atom stereocenters. The predicted octanol–water partition coefficient (Wildman–Crippen LogP) is 8.11. The number of carbonyl (C=O) groups is 1. The molecule has 2 aliphatic rings. The third kappa shape index (κ3) is 8.84. The predicted molar refractivity (Wildman–Crippen MR) is 213 cm³/mol. The molecule has 0 aliphatic carbocycles. The normalized spacial score (nSPS) is 21.6. The molecule has 4 aromatic carbocycles. The van der Waals surface area contributed by atoms with Gasteiger partial charge in [0.1, 0.15) is 18.9 Å². The number of carbonyl (C=O) groups excluding carboxylic acids is 1. The molecule has 2 N–H and O–H groups in total. The fourth-order valence-corrected chi connectivity index (χ4v) is 8.46. The number of benzene rings is 4. The molecule has 2 aliphatic heterocycles. The molecule has 0 saturated carbocycles. The Hall–Kier alpha value is -4.48. The second kappa shape index (κ2) is 15.5. The van der Waals surface area contributed by atoms with Crippen molar-refractivity contribution in [2.45, 2.75) is 102 Å². The molecule has 0 radical (unpaired) electrons. The van der Waals surface area contributed by atoms with E-state index in [-0.39, 0.29) is 30.3 Å². The number of ether oxygens (including phenoxy) is 3. The first-order valence-electron chi connectivity index (χ1n) is 18.8. The topological polar surface area (TPSA) is 95.1 Å². The highest BCUT2D eigenvalue weighted by atomic mass is 28.3. The van der Waals surface area contributed by atoms with Gasteiger partial charge in [0.15, 0.2) is 5.79 Å². The first kappa shape index (κ1) is 36.9. The summed E-state index contributed by atoms with van der Waals surface area (Å²) in [5.41, 5.74) is 12.2. The van der Waals surface area contributed by atoms with Gasteiger partial charge >= 0.3 is 6.03 Å². The quantitative estimate of drug-likeness (QED) is 0.0747. The van der Waals surface area contributed by atoms with Crippen LogP contribution in [-0.2, 0) is 46.9 Å². The van der Waals surface area contributed by atoms with Crippen molar-refractivity contribution in [3.05, 3.63) is 132 Å². The van der Waals surface area contributed by atoms with Gasteiger partial charge in [0.05, 0.1) is 23.8 Å². The standard InChI is InChI=1S/C43H53N5O4Si/c1-43(2)51-40-38(25-31-13-8-6-9-14-31)46(28-33-17-12-18-36(44)24-33)42(49)47(39(41(40)52-43)26-32-15-10-7-11-16-32)29-34-19-20-37-35(23-34)27-45-48(37)30-50-21-22-53(3,4)5/h6-20,23-24,27,38-41H,21-22,25-26,28-30,44H2,1-5H3/t38-,39-,40+,41+/m1/s1. The molecule has 1 aromatic heterocycles. The molecule has 2 saturated heterocycles. The summed E-state index contributed by atoms with van der Waals surface area (Å²) >= 11 is 0. The lowest BCUT2D eigenvalue weighted by Crippen LogP contribution is -2.51. The summed E-state index contributed by atoms with van der Waals surface area (Å²) in [4.78, 5) is 19.4. The number of fused-ring (bicyclic) bond motifs is 2. The van der Waals surface area contributed by atoms with Crippen molar-refractivity contribution in [3.63, 3.8) is 0 Å². The molecule has 3 heterocycles. The van der Waals surface area contributed by atoms with Gasteiger partial charge in [-0.05, 0) is 79.3 Å². The Morgan fingerprint density at radius 1 is 0.755 bits per heavy atom. The van der Waals surface area contributed by atoms with E-state index in [2.05, 4.69) is 79.3 Å². The molecule has 10 heteroatoms. The van der Waals surface area contributed by atoms with Crippen LogP contribution in [0.2, 0.25) is 25.7 Å². The second-order valence-electron chi connectivity index (χ2n) is 16.2. The largest absolute Gasteiger partial charge is 0.399 e. The SMILES string of the molecule is CC1(C)O[C@@H]2[C@@H](O1)[C@@H](Cc1ccccc1)N(Cc1ccc3c(cnn3COCC[Si](C)(C)C)c1)C(=O)N(Cc1cccc(N)c1)[C@@H]2Cc1ccccc1. The third-order valence-electron chi connectivity index (χ3n) is 10.4. The zero-order chi connectivity index (χ0) is 37.2. The first-order valence-corrected chi connectivity index (χ1v) is 22.5. The maximum absolute atomic E-state index is 15.4. The number of hydrogen-bond acceptors (Lipinski definition) is 6. The van der Waals surface area contributed by atoms with Crippen LogP contribution < -0.4 is 5.73 Å². The number of rotatable bonds is 13. The van der Waals surface area contributed by atoms with E-state index in [1.165, 1.54) is 0 Å². The molecule has 9 nitrogen and oxygen atoms in total. The molecule has 4 atom stereocenters. The Morgan fingerprint density at radius 2 is 1.32 bits per heavy atom. The zero-order valence-corrected chi connectivity index (χ0v) is 32.7. The van der Waals surface area contributed by atoms with E-state index >= 15 is 4.79 Å². The van der Waals surface area contributed by atoms with E-state index in [9.17, 15) is 0 Å². The van der Waals surface area contributed by atoms with Crippen LogP contribution in [0.15, 0.2) is 109 Å². The van der Waals surface area contributed by atoms with Crippen molar-refractivity contribution in [1.29, 1.82) is 0 Å². The van der Waals surface area contributed by atoms with Crippen LogP contribution >= 0.6 is 0 Å². The smallest absolute Gasteiger partial charge is 0.321 e. The van der Waals surface area contributed by atoms with Crippen molar-refractivity contribution in [2.75, 3.05) is 12.3 Å². The maximum atomic E-state index is 15.4. The van der Waals surface area contributed by atoms with Gasteiger partial charge in [0.2, 0.25) is 0 Å². The van der Waals surface area contributed by atoms with Crippen molar-refractivity contribution in [3.8, 4) is 0 Å². The summed E-state index contributed by atoms with van der Waals surface area (Å²) in [6.45, 7) is 12.9. The fraction of sp³-hybridized carbons (Fsp3) is 0.395. The molecule has 53 heavy (non-hydrogen) atoms. The van der Waals surface area contributed by atoms with Crippen LogP contribution in [0.1, 0.15) is 36.1 Å². The van der Waals surface area contributed by atoms with Crippen molar-refractivity contribution in [1.82, 2.24) is 19.6 Å². The number of nitrogens with two attached hydrogens (primary N) is 1. The Balaban J connectivity index is 1.27. The zero-order valence-electron chi connectivity index (χ0n) is 31.7. The summed E-state index contributed by atoms with van der Waals surface area (Å²) in [7, 11) is -1.18. The van der Waals surface area contributed by atoms with Gasteiger partial charge in [-0.1, -0.05) is 98.5 Å². The summed E-state index contributed by atoms with van der Waals surface area (Å²) in [5.74, 6) is -0.835. The first-order chi connectivity index (χ1) is 25.4. The molecule has 278 valence electrons. The molecule has 2 amide bonds. The van der Waals surface area contributed by atoms with E-state index in [0.717, 1.165) is 45.8 Å². The van der Waals surface area contributed by atoms with Crippen LogP contribution in [0.25, 0.3) is 10.9 Å². The maximum Gasteiger partial charge on any atom is 0.321 e. The van der Waals surface area contributed by atoms with Crippen LogP contribution in [0, 0.1) is 0 Å². The van der Waals surface area contributed by atoms with Crippen molar-refractivity contribution in [2.24, 2.45) is 0 Å². The van der Waals surface area contributed by atoms with E-state index in [4.69, 9.17) is 19.9 Å². The summed E-state index contributed by atoms with van der Waals surface area (Å²) in [6, 6.07) is 35.4. The Bertz CT molecular complexity index is 2000. The van der Waals surface area contributed by atoms with Crippen LogP contribution in [-0.4, -0.2) is 70.4 Å². The lowest BCUT2D eigenvalue weighted by molar-refractivity contribution is -0.157. The van der Waals surface area contributed by atoms with Crippen molar-refractivity contribution < 1.29 is 19.0 Å². The number of aromatic nitrogens is 2. The van der Waals surface area contributed by atoms with E-state index in [0.29, 0.717) is 38.3 Å². The minimum atomic E-state index is -1.18. The van der Waals surface area contributed by atoms with Gasteiger partial charge in [-0.2, -0.15) is 5.10 Å². The highest BCUT2D eigenvalue weighted by Gasteiger charge is 2.55. The lowest BCUT2D eigenvalue weighted by Gasteiger charge is -2.37. The molecular weight excluding hydrogens is 679 g/mol. The monoisotopic (exact) mass is 731 g/mol. The average Bonchev–Trinajstić information content (AvgIpc) is 3.67. The van der Waals surface area contributed by atoms with Gasteiger partial charge in [-0.3, -0.25) is 0 Å². The number of hydrogen-bond donors (Lipinski definition) is 1. The molecule has 2 fully saturated rings. The van der Waals surface area contributed by atoms with Crippen LogP contribution in [0.5, 0.6) is 0 Å². The minimum Gasteiger partial charge on any atom is -0.399 e. The fourth-order valence-electron chi connectivity index (χ4n) is 7.70. The van der Waals surface area contributed by atoms with Gasteiger partial charge in [0, 0.05) is 38.8 Å². The number of amides is 2. The molecular formula is C43H53N5O4Si. The highest BCUT2D eigenvalue weighted by Crippen LogP contribution is 2.40. The lowest BCUT2D eigenvalue weighted by atomic mass is 9.91. The highest BCUT2D eigenvalue weighted by molar-refractivity contribution is 6.76. The Kier molecular flexibility index (Phi) is 10.8. The Morgan fingerprint density at radius 3 is 1.89 bits per heavy atom. The van der Waals surface area contributed by atoms with E-state index in [1.807, 2.05) is 83.1 Å². The van der Waals surface area contributed by atoms with Gasteiger partial charge in [-0.15, -0.1) is 0 Å². The molecule has 0 bridgehead atoms.